The van der Waals surface area contributed by atoms with Crippen molar-refractivity contribution >= 4 is 23.2 Å². The van der Waals surface area contributed by atoms with Gasteiger partial charge >= 0.3 is 6.03 Å². The number of rotatable bonds is 3. The zero-order valence-electron chi connectivity index (χ0n) is 17.7. The highest BCUT2D eigenvalue weighted by Gasteiger charge is 2.29. The van der Waals surface area contributed by atoms with E-state index in [0.29, 0.717) is 51.7 Å². The van der Waals surface area contributed by atoms with E-state index in [9.17, 15) is 9.59 Å². The molecule has 3 aliphatic rings. The Hall–Kier alpha value is -3.30. The van der Waals surface area contributed by atoms with Gasteiger partial charge in [0, 0.05) is 38.6 Å². The maximum Gasteiger partial charge on any atom is 0.322 e. The van der Waals surface area contributed by atoms with Gasteiger partial charge in [-0.2, -0.15) is 0 Å². The third kappa shape index (κ3) is 4.35. The number of carbonyl (C=O) groups is 2. The van der Waals surface area contributed by atoms with Crippen LogP contribution in [0.25, 0.3) is 5.57 Å². The molecule has 5 heterocycles. The standard InChI is InChI=1S/C23H25N5O4/c29-22(21-15-31-9-10-32-21)27-7-4-16(5-8-27)20-2-1-19(12-25-20)26-23(30)28-13-17-3-6-24-11-18(17)14-28/h1-4,6,11-12,21H,5,7-10,13-15H2,(H,26,30). The Morgan fingerprint density at radius 2 is 1.97 bits per heavy atom. The van der Waals surface area contributed by atoms with E-state index in [-0.39, 0.29) is 11.9 Å². The molecule has 3 aliphatic heterocycles. The first-order valence-electron chi connectivity index (χ1n) is 10.8. The second kappa shape index (κ2) is 9.05. The molecule has 32 heavy (non-hydrogen) atoms. The Bertz CT molecular complexity index is 1010. The van der Waals surface area contributed by atoms with Crippen LogP contribution in [0.15, 0.2) is 42.9 Å². The Kier molecular flexibility index (Phi) is 5.83. The van der Waals surface area contributed by atoms with Crippen LogP contribution in [0.4, 0.5) is 10.5 Å². The van der Waals surface area contributed by atoms with E-state index in [1.807, 2.05) is 30.5 Å². The van der Waals surface area contributed by atoms with Gasteiger partial charge in [0.1, 0.15) is 0 Å². The fourth-order valence-corrected chi connectivity index (χ4v) is 4.16. The van der Waals surface area contributed by atoms with Crippen molar-refractivity contribution in [2.75, 3.05) is 38.2 Å². The van der Waals surface area contributed by atoms with Crippen LogP contribution in [0.5, 0.6) is 0 Å². The first kappa shape index (κ1) is 20.6. The molecule has 5 rings (SSSR count). The highest BCUT2D eigenvalue weighted by atomic mass is 16.6. The summed E-state index contributed by atoms with van der Waals surface area (Å²) in [4.78, 5) is 37.3. The van der Waals surface area contributed by atoms with Crippen LogP contribution in [0.2, 0.25) is 0 Å². The van der Waals surface area contributed by atoms with E-state index in [4.69, 9.17) is 9.47 Å². The number of pyridine rings is 2. The summed E-state index contributed by atoms with van der Waals surface area (Å²) in [5.41, 5.74) is 4.80. The first-order valence-corrected chi connectivity index (χ1v) is 10.8. The lowest BCUT2D eigenvalue weighted by Gasteiger charge is -2.31. The molecular weight excluding hydrogens is 410 g/mol. The van der Waals surface area contributed by atoms with Gasteiger partial charge in [0.2, 0.25) is 0 Å². The van der Waals surface area contributed by atoms with Gasteiger partial charge in [0.15, 0.2) is 6.10 Å². The largest absolute Gasteiger partial charge is 0.376 e. The monoisotopic (exact) mass is 435 g/mol. The summed E-state index contributed by atoms with van der Waals surface area (Å²) < 4.78 is 10.9. The zero-order chi connectivity index (χ0) is 21.9. The molecular formula is C23H25N5O4. The molecule has 3 amide bonds. The molecule has 0 spiro atoms. The molecule has 1 N–H and O–H groups in total. The third-order valence-electron chi connectivity index (χ3n) is 5.97. The maximum atomic E-state index is 12.6. The fourth-order valence-electron chi connectivity index (χ4n) is 4.16. The number of hydrogen-bond acceptors (Lipinski definition) is 6. The summed E-state index contributed by atoms with van der Waals surface area (Å²) in [5, 5.41) is 2.91. The predicted octanol–water partition coefficient (Wildman–Crippen LogP) is 2.06. The van der Waals surface area contributed by atoms with Gasteiger partial charge in [-0.15, -0.1) is 0 Å². The molecule has 9 heteroatoms. The van der Waals surface area contributed by atoms with Crippen LogP contribution >= 0.6 is 0 Å². The predicted molar refractivity (Wildman–Crippen MR) is 116 cm³/mol. The Morgan fingerprint density at radius 1 is 1.06 bits per heavy atom. The molecule has 0 saturated carbocycles. The second-order valence-electron chi connectivity index (χ2n) is 8.06. The summed E-state index contributed by atoms with van der Waals surface area (Å²) in [6.07, 6.45) is 7.47. The van der Waals surface area contributed by atoms with E-state index < -0.39 is 6.10 Å². The van der Waals surface area contributed by atoms with Gasteiger partial charge in [-0.1, -0.05) is 6.08 Å². The minimum absolute atomic E-state index is 0.0223. The van der Waals surface area contributed by atoms with Crippen molar-refractivity contribution in [2.24, 2.45) is 0 Å². The molecule has 2 aromatic heterocycles. The van der Waals surface area contributed by atoms with Crippen molar-refractivity contribution in [3.8, 4) is 0 Å². The van der Waals surface area contributed by atoms with E-state index in [1.54, 1.807) is 22.2 Å². The van der Waals surface area contributed by atoms with Crippen LogP contribution in [0.3, 0.4) is 0 Å². The smallest absolute Gasteiger partial charge is 0.322 e. The van der Waals surface area contributed by atoms with Crippen LogP contribution in [0.1, 0.15) is 23.2 Å². The summed E-state index contributed by atoms with van der Waals surface area (Å²) in [7, 11) is 0. The molecule has 166 valence electrons. The lowest BCUT2D eigenvalue weighted by atomic mass is 10.0. The van der Waals surface area contributed by atoms with Gasteiger partial charge in [-0.05, 0) is 41.3 Å². The van der Waals surface area contributed by atoms with Crippen molar-refractivity contribution < 1.29 is 19.1 Å². The number of carbonyl (C=O) groups excluding carboxylic acids is 2. The molecule has 0 radical (unpaired) electrons. The molecule has 1 unspecified atom stereocenters. The van der Waals surface area contributed by atoms with Gasteiger partial charge in [0.05, 0.1) is 37.4 Å². The Labute approximate surface area is 186 Å². The maximum absolute atomic E-state index is 12.6. The average Bonchev–Trinajstić information content (AvgIpc) is 3.29. The van der Waals surface area contributed by atoms with Crippen molar-refractivity contribution in [3.63, 3.8) is 0 Å². The molecule has 2 aromatic rings. The number of hydrogen-bond donors (Lipinski definition) is 1. The number of ether oxygens (including phenoxy) is 2. The molecule has 0 aromatic carbocycles. The van der Waals surface area contributed by atoms with E-state index in [1.165, 1.54) is 0 Å². The highest BCUT2D eigenvalue weighted by molar-refractivity contribution is 5.89. The average molecular weight is 435 g/mol. The Morgan fingerprint density at radius 3 is 2.69 bits per heavy atom. The number of fused-ring (bicyclic) bond motifs is 1. The van der Waals surface area contributed by atoms with Gasteiger partial charge in [-0.3, -0.25) is 14.8 Å². The quantitative estimate of drug-likeness (QED) is 0.793. The molecule has 9 nitrogen and oxygen atoms in total. The van der Waals surface area contributed by atoms with E-state index in [2.05, 4.69) is 15.3 Å². The number of aromatic nitrogens is 2. The van der Waals surface area contributed by atoms with Crippen molar-refractivity contribution in [1.29, 1.82) is 0 Å². The van der Waals surface area contributed by atoms with Gasteiger partial charge < -0.3 is 24.6 Å². The number of nitrogens with one attached hydrogen (secondary N) is 1. The molecule has 0 aliphatic carbocycles. The number of urea groups is 1. The van der Waals surface area contributed by atoms with Crippen LogP contribution in [-0.2, 0) is 27.4 Å². The summed E-state index contributed by atoms with van der Waals surface area (Å²) in [5.74, 6) is -0.0223. The first-order chi connectivity index (χ1) is 15.7. The van der Waals surface area contributed by atoms with Crippen molar-refractivity contribution in [2.45, 2.75) is 25.6 Å². The van der Waals surface area contributed by atoms with Crippen molar-refractivity contribution in [3.05, 3.63) is 59.7 Å². The lowest BCUT2D eigenvalue weighted by molar-refractivity contribution is -0.157. The molecule has 1 saturated heterocycles. The van der Waals surface area contributed by atoms with Crippen LogP contribution in [-0.4, -0.2) is 70.7 Å². The summed E-state index contributed by atoms with van der Waals surface area (Å²) >= 11 is 0. The van der Waals surface area contributed by atoms with Crippen LogP contribution in [0, 0.1) is 0 Å². The summed E-state index contributed by atoms with van der Waals surface area (Å²) in [6.45, 7) is 3.60. The molecule has 1 fully saturated rings. The molecule has 1 atom stereocenters. The van der Waals surface area contributed by atoms with E-state index >= 15 is 0 Å². The molecule has 0 bridgehead atoms. The normalized spacial score (nSPS) is 20.5. The topological polar surface area (TPSA) is 96.9 Å². The minimum atomic E-state index is -0.501. The van der Waals surface area contributed by atoms with Gasteiger partial charge in [-0.25, -0.2) is 4.79 Å². The summed E-state index contributed by atoms with van der Waals surface area (Å²) in [6, 6.07) is 5.55. The van der Waals surface area contributed by atoms with Gasteiger partial charge in [0.25, 0.3) is 5.91 Å². The van der Waals surface area contributed by atoms with E-state index in [0.717, 1.165) is 28.8 Å². The van der Waals surface area contributed by atoms with Crippen LogP contribution < -0.4 is 5.32 Å². The second-order valence-corrected chi connectivity index (χ2v) is 8.06. The number of nitrogens with zero attached hydrogens (tertiary/aromatic N) is 4. The highest BCUT2D eigenvalue weighted by Crippen LogP contribution is 2.24. The number of amides is 3. The SMILES string of the molecule is O=C(Nc1ccc(C2=CCN(C(=O)C3COCCO3)CC2)nc1)N1Cc2ccncc2C1. The number of anilines is 1. The lowest BCUT2D eigenvalue weighted by Crippen LogP contribution is -2.46. The third-order valence-corrected chi connectivity index (χ3v) is 5.97. The minimum Gasteiger partial charge on any atom is -0.376 e. The zero-order valence-corrected chi connectivity index (χ0v) is 17.7. The van der Waals surface area contributed by atoms with Crippen molar-refractivity contribution in [1.82, 2.24) is 19.8 Å². The fraction of sp³-hybridized carbons (Fsp3) is 0.391. The Balaban J connectivity index is 1.16.